The highest BCUT2D eigenvalue weighted by Crippen LogP contribution is 2.31. The zero-order chi connectivity index (χ0) is 16.1. The van der Waals surface area contributed by atoms with Crippen molar-refractivity contribution >= 4 is 6.41 Å². The highest BCUT2D eigenvalue weighted by Gasteiger charge is 2.35. The van der Waals surface area contributed by atoms with E-state index in [9.17, 15) is 4.79 Å². The van der Waals surface area contributed by atoms with Crippen LogP contribution in [0.3, 0.4) is 0 Å². The maximum Gasteiger partial charge on any atom is 0.210 e. The van der Waals surface area contributed by atoms with Crippen LogP contribution >= 0.6 is 0 Å². The van der Waals surface area contributed by atoms with Gasteiger partial charge in [-0.3, -0.25) is 4.79 Å². The van der Waals surface area contributed by atoms with Crippen molar-refractivity contribution in [2.24, 2.45) is 0 Å². The summed E-state index contributed by atoms with van der Waals surface area (Å²) in [6, 6.07) is 12.5. The number of carbonyl (C=O) groups excluding carboxylic acids is 1. The van der Waals surface area contributed by atoms with Crippen LogP contribution in [0, 0.1) is 0 Å². The van der Waals surface area contributed by atoms with Crippen molar-refractivity contribution in [1.29, 1.82) is 0 Å². The summed E-state index contributed by atoms with van der Waals surface area (Å²) in [7, 11) is 0. The molecule has 1 aromatic carbocycles. The van der Waals surface area contributed by atoms with Crippen molar-refractivity contribution in [3.63, 3.8) is 0 Å². The van der Waals surface area contributed by atoms with Crippen LogP contribution in [-0.4, -0.2) is 47.4 Å². The second-order valence-corrected chi connectivity index (χ2v) is 7.14. The van der Waals surface area contributed by atoms with E-state index in [4.69, 9.17) is 0 Å². The SMILES string of the molecule is CCC(CCc1ccccc1)N1CCC(N(C=O)C2CC2)CC1. The lowest BCUT2D eigenvalue weighted by Crippen LogP contribution is -2.48. The van der Waals surface area contributed by atoms with E-state index < -0.39 is 0 Å². The molecule has 1 aliphatic carbocycles. The minimum atomic E-state index is 0.489. The van der Waals surface area contributed by atoms with Crippen LogP contribution in [0.15, 0.2) is 30.3 Å². The number of aryl methyl sites for hydroxylation is 1. The number of hydrogen-bond donors (Lipinski definition) is 0. The molecule has 2 fully saturated rings. The number of benzene rings is 1. The minimum absolute atomic E-state index is 0.489. The van der Waals surface area contributed by atoms with Crippen LogP contribution in [-0.2, 0) is 11.2 Å². The first-order valence-corrected chi connectivity index (χ1v) is 9.32. The summed E-state index contributed by atoms with van der Waals surface area (Å²) in [6.07, 6.45) is 9.46. The molecule has 1 heterocycles. The fourth-order valence-electron chi connectivity index (χ4n) is 4.01. The van der Waals surface area contributed by atoms with Gasteiger partial charge in [0.2, 0.25) is 6.41 Å². The van der Waals surface area contributed by atoms with E-state index in [1.165, 1.54) is 37.7 Å². The Labute approximate surface area is 140 Å². The highest BCUT2D eigenvalue weighted by atomic mass is 16.1. The van der Waals surface area contributed by atoms with Crippen molar-refractivity contribution in [2.45, 2.75) is 70.0 Å². The summed E-state index contributed by atoms with van der Waals surface area (Å²) < 4.78 is 0. The largest absolute Gasteiger partial charge is 0.339 e. The normalized spacial score (nSPS) is 21.1. The quantitative estimate of drug-likeness (QED) is 0.686. The maximum atomic E-state index is 11.3. The molecule has 0 radical (unpaired) electrons. The summed E-state index contributed by atoms with van der Waals surface area (Å²) in [6.45, 7) is 4.60. The first-order valence-electron chi connectivity index (χ1n) is 9.32. The van der Waals surface area contributed by atoms with Gasteiger partial charge in [-0.15, -0.1) is 0 Å². The number of nitrogens with zero attached hydrogens (tertiary/aromatic N) is 2. The Morgan fingerprint density at radius 3 is 2.35 bits per heavy atom. The smallest absolute Gasteiger partial charge is 0.210 e. The first-order chi connectivity index (χ1) is 11.3. The summed E-state index contributed by atoms with van der Waals surface area (Å²) in [5.41, 5.74) is 1.45. The van der Waals surface area contributed by atoms with Gasteiger partial charge < -0.3 is 9.80 Å². The van der Waals surface area contributed by atoms with E-state index in [0.29, 0.717) is 18.1 Å². The number of carbonyl (C=O) groups is 1. The topological polar surface area (TPSA) is 23.6 Å². The van der Waals surface area contributed by atoms with Crippen molar-refractivity contribution in [3.05, 3.63) is 35.9 Å². The second-order valence-electron chi connectivity index (χ2n) is 7.14. The Morgan fingerprint density at radius 1 is 1.13 bits per heavy atom. The molecule has 0 spiro atoms. The molecule has 0 N–H and O–H groups in total. The molecule has 0 aromatic heterocycles. The molecule has 3 nitrogen and oxygen atoms in total. The van der Waals surface area contributed by atoms with Crippen LogP contribution in [0.2, 0.25) is 0 Å². The molecule has 23 heavy (non-hydrogen) atoms. The number of amides is 1. The lowest BCUT2D eigenvalue weighted by Gasteiger charge is -2.40. The van der Waals surface area contributed by atoms with Gasteiger partial charge in [-0.2, -0.15) is 0 Å². The van der Waals surface area contributed by atoms with Crippen molar-refractivity contribution < 1.29 is 4.79 Å². The summed E-state index contributed by atoms with van der Waals surface area (Å²) in [5, 5.41) is 0. The van der Waals surface area contributed by atoms with Gasteiger partial charge >= 0.3 is 0 Å². The third-order valence-corrected chi connectivity index (χ3v) is 5.61. The van der Waals surface area contributed by atoms with Gasteiger partial charge in [0, 0.05) is 31.2 Å². The van der Waals surface area contributed by atoms with E-state index in [2.05, 4.69) is 47.1 Å². The molecule has 1 aromatic rings. The molecule has 1 atom stereocenters. The summed E-state index contributed by atoms with van der Waals surface area (Å²) in [5.74, 6) is 0. The third-order valence-electron chi connectivity index (χ3n) is 5.61. The standard InChI is InChI=1S/C20H30N2O/c1-2-18(9-8-17-6-4-3-5-7-17)21-14-12-20(13-15-21)22(16-23)19-10-11-19/h3-7,16,18-20H,2,8-15H2,1H3. The molecule has 1 saturated carbocycles. The van der Waals surface area contributed by atoms with E-state index in [1.807, 2.05) is 0 Å². The maximum absolute atomic E-state index is 11.3. The molecular formula is C20H30N2O. The van der Waals surface area contributed by atoms with Crippen LogP contribution in [0.1, 0.15) is 51.0 Å². The second kappa shape index (κ2) is 7.96. The fourth-order valence-corrected chi connectivity index (χ4v) is 4.01. The van der Waals surface area contributed by atoms with E-state index in [1.54, 1.807) is 0 Å². The number of hydrogen-bond acceptors (Lipinski definition) is 2. The van der Waals surface area contributed by atoms with Crippen LogP contribution in [0.25, 0.3) is 0 Å². The molecule has 2 aliphatic rings. The van der Waals surface area contributed by atoms with E-state index in [-0.39, 0.29) is 0 Å². The molecule has 1 aliphatic heterocycles. The molecular weight excluding hydrogens is 284 g/mol. The Morgan fingerprint density at radius 2 is 1.78 bits per heavy atom. The highest BCUT2D eigenvalue weighted by molar-refractivity contribution is 5.49. The lowest BCUT2D eigenvalue weighted by atomic mass is 9.97. The van der Waals surface area contributed by atoms with Crippen LogP contribution < -0.4 is 0 Å². The van der Waals surface area contributed by atoms with Gasteiger partial charge in [0.25, 0.3) is 0 Å². The zero-order valence-corrected chi connectivity index (χ0v) is 14.4. The Hall–Kier alpha value is -1.35. The molecule has 126 valence electrons. The Balaban J connectivity index is 1.47. The van der Waals surface area contributed by atoms with Crippen molar-refractivity contribution in [2.75, 3.05) is 13.1 Å². The number of likely N-dealkylation sites (tertiary alicyclic amines) is 1. The monoisotopic (exact) mass is 314 g/mol. The molecule has 1 unspecified atom stereocenters. The minimum Gasteiger partial charge on any atom is -0.339 e. The van der Waals surface area contributed by atoms with Gasteiger partial charge in [-0.25, -0.2) is 0 Å². The van der Waals surface area contributed by atoms with Crippen LogP contribution in [0.5, 0.6) is 0 Å². The summed E-state index contributed by atoms with van der Waals surface area (Å²) in [4.78, 5) is 16.1. The predicted molar refractivity (Wildman–Crippen MR) is 94.4 cm³/mol. The van der Waals surface area contributed by atoms with Crippen molar-refractivity contribution in [1.82, 2.24) is 9.80 Å². The number of rotatable bonds is 8. The van der Waals surface area contributed by atoms with Gasteiger partial charge in [-0.05, 0) is 50.5 Å². The Bertz CT molecular complexity index is 478. The molecule has 1 amide bonds. The van der Waals surface area contributed by atoms with Crippen molar-refractivity contribution in [3.8, 4) is 0 Å². The fraction of sp³-hybridized carbons (Fsp3) is 0.650. The molecule has 3 heteroatoms. The van der Waals surface area contributed by atoms with E-state index in [0.717, 1.165) is 32.3 Å². The lowest BCUT2D eigenvalue weighted by molar-refractivity contribution is -0.121. The Kier molecular flexibility index (Phi) is 5.71. The van der Waals surface area contributed by atoms with Gasteiger partial charge in [-0.1, -0.05) is 37.3 Å². The predicted octanol–water partition coefficient (Wildman–Crippen LogP) is 3.48. The molecule has 0 bridgehead atoms. The van der Waals surface area contributed by atoms with Crippen LogP contribution in [0.4, 0.5) is 0 Å². The summed E-state index contributed by atoms with van der Waals surface area (Å²) >= 11 is 0. The number of piperidine rings is 1. The third kappa shape index (κ3) is 4.35. The average molecular weight is 314 g/mol. The van der Waals surface area contributed by atoms with Gasteiger partial charge in [0.05, 0.1) is 0 Å². The van der Waals surface area contributed by atoms with E-state index >= 15 is 0 Å². The van der Waals surface area contributed by atoms with Gasteiger partial charge in [0.1, 0.15) is 0 Å². The molecule has 1 saturated heterocycles. The first kappa shape index (κ1) is 16.5. The van der Waals surface area contributed by atoms with Gasteiger partial charge in [0.15, 0.2) is 0 Å². The average Bonchev–Trinajstić information content (AvgIpc) is 3.43. The molecule has 3 rings (SSSR count). The zero-order valence-electron chi connectivity index (χ0n) is 14.4.